The Bertz CT molecular complexity index is 505. The Balaban J connectivity index is 1.80. The Morgan fingerprint density at radius 2 is 2.29 bits per heavy atom. The normalized spacial score (nSPS) is 22.1. The molecule has 1 unspecified atom stereocenters. The lowest BCUT2D eigenvalue weighted by Gasteiger charge is -2.29. The zero-order valence-corrected chi connectivity index (χ0v) is 10.2. The van der Waals surface area contributed by atoms with Crippen molar-refractivity contribution in [3.8, 4) is 0 Å². The highest BCUT2D eigenvalue weighted by atomic mass is 15.2. The Morgan fingerprint density at radius 3 is 3.18 bits per heavy atom. The number of likely N-dealkylation sites (tertiary alicyclic amines) is 1. The van der Waals surface area contributed by atoms with Gasteiger partial charge in [-0.05, 0) is 44.5 Å². The number of piperidine rings is 1. The maximum Gasteiger partial charge on any atom is 0.160 e. The van der Waals surface area contributed by atoms with Crippen LogP contribution in [0.1, 0.15) is 18.7 Å². The molecule has 1 fully saturated rings. The summed E-state index contributed by atoms with van der Waals surface area (Å²) in [6.45, 7) is 2.42. The van der Waals surface area contributed by atoms with Crippen LogP contribution in [0.25, 0.3) is 5.65 Å². The SMILES string of the molecule is CN1CCCC(Cc2nnc3ccccn23)C1. The van der Waals surface area contributed by atoms with Gasteiger partial charge in [0.1, 0.15) is 5.82 Å². The standard InChI is InChI=1S/C13H18N4/c1-16-7-4-5-11(10-16)9-13-15-14-12-6-2-3-8-17(12)13/h2-3,6,8,11H,4-5,7,9-10H2,1H3. The fraction of sp³-hybridized carbons (Fsp3) is 0.538. The highest BCUT2D eigenvalue weighted by Crippen LogP contribution is 2.19. The quantitative estimate of drug-likeness (QED) is 0.786. The Labute approximate surface area is 101 Å². The molecule has 0 radical (unpaired) electrons. The van der Waals surface area contributed by atoms with Gasteiger partial charge in [-0.25, -0.2) is 0 Å². The van der Waals surface area contributed by atoms with Crippen LogP contribution in [0.4, 0.5) is 0 Å². The largest absolute Gasteiger partial charge is 0.306 e. The molecular weight excluding hydrogens is 212 g/mol. The first-order valence-electron chi connectivity index (χ1n) is 6.30. The van der Waals surface area contributed by atoms with Crippen LogP contribution in [0, 0.1) is 5.92 Å². The fourth-order valence-corrected chi connectivity index (χ4v) is 2.73. The molecule has 4 heteroatoms. The summed E-state index contributed by atoms with van der Waals surface area (Å²) in [7, 11) is 2.20. The second-order valence-corrected chi connectivity index (χ2v) is 5.02. The molecular formula is C13H18N4. The maximum absolute atomic E-state index is 4.31. The maximum atomic E-state index is 4.31. The van der Waals surface area contributed by atoms with Crippen molar-refractivity contribution in [1.82, 2.24) is 19.5 Å². The monoisotopic (exact) mass is 230 g/mol. The van der Waals surface area contributed by atoms with E-state index in [9.17, 15) is 0 Å². The smallest absolute Gasteiger partial charge is 0.160 e. The second kappa shape index (κ2) is 4.45. The van der Waals surface area contributed by atoms with E-state index in [1.165, 1.54) is 25.9 Å². The summed E-state index contributed by atoms with van der Waals surface area (Å²) < 4.78 is 2.11. The molecule has 1 aliphatic heterocycles. The average Bonchev–Trinajstić information content (AvgIpc) is 2.73. The molecule has 0 N–H and O–H groups in total. The lowest BCUT2D eigenvalue weighted by molar-refractivity contribution is 0.207. The molecule has 0 aromatic carbocycles. The van der Waals surface area contributed by atoms with Crippen LogP contribution in [0.2, 0.25) is 0 Å². The van der Waals surface area contributed by atoms with Gasteiger partial charge in [0.25, 0.3) is 0 Å². The minimum absolute atomic E-state index is 0.723. The molecule has 2 aromatic heterocycles. The van der Waals surface area contributed by atoms with E-state index in [0.29, 0.717) is 0 Å². The van der Waals surface area contributed by atoms with Crippen molar-refractivity contribution < 1.29 is 0 Å². The number of rotatable bonds is 2. The van der Waals surface area contributed by atoms with Crippen molar-refractivity contribution in [2.45, 2.75) is 19.3 Å². The number of nitrogens with zero attached hydrogens (tertiary/aromatic N) is 4. The predicted molar refractivity (Wildman–Crippen MR) is 66.9 cm³/mol. The molecule has 0 bridgehead atoms. The van der Waals surface area contributed by atoms with Crippen molar-refractivity contribution >= 4 is 5.65 Å². The number of aromatic nitrogens is 3. The molecule has 1 saturated heterocycles. The Kier molecular flexibility index (Phi) is 2.81. The van der Waals surface area contributed by atoms with Gasteiger partial charge in [-0.1, -0.05) is 6.07 Å². The average molecular weight is 230 g/mol. The third-order valence-corrected chi connectivity index (χ3v) is 3.58. The molecule has 90 valence electrons. The number of hydrogen-bond acceptors (Lipinski definition) is 3. The lowest BCUT2D eigenvalue weighted by atomic mass is 9.95. The summed E-state index contributed by atoms with van der Waals surface area (Å²) in [6.07, 6.45) is 5.71. The minimum atomic E-state index is 0.723. The van der Waals surface area contributed by atoms with E-state index in [4.69, 9.17) is 0 Å². The fourth-order valence-electron chi connectivity index (χ4n) is 2.73. The molecule has 1 atom stereocenters. The van der Waals surface area contributed by atoms with E-state index in [2.05, 4.69) is 32.7 Å². The van der Waals surface area contributed by atoms with Crippen molar-refractivity contribution in [1.29, 1.82) is 0 Å². The molecule has 0 spiro atoms. The first kappa shape index (κ1) is 10.7. The van der Waals surface area contributed by atoms with E-state index in [1.807, 2.05) is 18.2 Å². The number of pyridine rings is 1. The Morgan fingerprint density at radius 1 is 1.35 bits per heavy atom. The van der Waals surface area contributed by atoms with Crippen LogP contribution in [-0.2, 0) is 6.42 Å². The van der Waals surface area contributed by atoms with Crippen molar-refractivity contribution in [3.05, 3.63) is 30.2 Å². The third kappa shape index (κ3) is 2.17. The van der Waals surface area contributed by atoms with E-state index >= 15 is 0 Å². The van der Waals surface area contributed by atoms with E-state index in [-0.39, 0.29) is 0 Å². The molecule has 0 aliphatic carbocycles. The summed E-state index contributed by atoms with van der Waals surface area (Å²) in [5.41, 5.74) is 0.951. The van der Waals surface area contributed by atoms with Gasteiger partial charge in [0, 0.05) is 19.2 Å². The van der Waals surface area contributed by atoms with Crippen LogP contribution in [-0.4, -0.2) is 39.6 Å². The highest BCUT2D eigenvalue weighted by Gasteiger charge is 2.19. The summed E-state index contributed by atoms with van der Waals surface area (Å²) in [5.74, 6) is 1.82. The molecule has 2 aromatic rings. The van der Waals surface area contributed by atoms with Crippen LogP contribution >= 0.6 is 0 Å². The van der Waals surface area contributed by atoms with Crippen LogP contribution in [0.3, 0.4) is 0 Å². The van der Waals surface area contributed by atoms with E-state index in [1.54, 1.807) is 0 Å². The number of fused-ring (bicyclic) bond motifs is 1. The zero-order chi connectivity index (χ0) is 11.7. The van der Waals surface area contributed by atoms with Crippen LogP contribution in [0.5, 0.6) is 0 Å². The Hall–Kier alpha value is -1.42. The van der Waals surface area contributed by atoms with E-state index in [0.717, 1.165) is 23.8 Å². The predicted octanol–water partition coefficient (Wildman–Crippen LogP) is 1.61. The second-order valence-electron chi connectivity index (χ2n) is 5.02. The van der Waals surface area contributed by atoms with Crippen molar-refractivity contribution in [2.75, 3.05) is 20.1 Å². The van der Waals surface area contributed by atoms with Gasteiger partial charge in [0.15, 0.2) is 5.65 Å². The topological polar surface area (TPSA) is 33.4 Å². The van der Waals surface area contributed by atoms with Gasteiger partial charge in [-0.2, -0.15) is 0 Å². The van der Waals surface area contributed by atoms with Crippen molar-refractivity contribution in [3.63, 3.8) is 0 Å². The molecule has 1 aliphatic rings. The van der Waals surface area contributed by atoms with Gasteiger partial charge < -0.3 is 4.90 Å². The van der Waals surface area contributed by atoms with Crippen LogP contribution < -0.4 is 0 Å². The van der Waals surface area contributed by atoms with Crippen LogP contribution in [0.15, 0.2) is 24.4 Å². The molecule has 3 heterocycles. The molecule has 0 saturated carbocycles. The van der Waals surface area contributed by atoms with Gasteiger partial charge >= 0.3 is 0 Å². The summed E-state index contributed by atoms with van der Waals surface area (Å²) >= 11 is 0. The zero-order valence-electron chi connectivity index (χ0n) is 10.2. The number of hydrogen-bond donors (Lipinski definition) is 0. The highest BCUT2D eigenvalue weighted by molar-refractivity contribution is 5.37. The summed E-state index contributed by atoms with van der Waals surface area (Å²) in [4.78, 5) is 2.41. The molecule has 3 rings (SSSR count). The van der Waals surface area contributed by atoms with E-state index < -0.39 is 0 Å². The first-order valence-corrected chi connectivity index (χ1v) is 6.30. The van der Waals surface area contributed by atoms with Gasteiger partial charge in [-0.15, -0.1) is 10.2 Å². The summed E-state index contributed by atoms with van der Waals surface area (Å²) in [6, 6.07) is 6.04. The van der Waals surface area contributed by atoms with Gasteiger partial charge in [-0.3, -0.25) is 4.40 Å². The summed E-state index contributed by atoms with van der Waals surface area (Å²) in [5, 5.41) is 8.51. The molecule has 17 heavy (non-hydrogen) atoms. The van der Waals surface area contributed by atoms with Gasteiger partial charge in [0.05, 0.1) is 0 Å². The lowest BCUT2D eigenvalue weighted by Crippen LogP contribution is -2.33. The third-order valence-electron chi connectivity index (χ3n) is 3.58. The molecule has 4 nitrogen and oxygen atoms in total. The van der Waals surface area contributed by atoms with Crippen molar-refractivity contribution in [2.24, 2.45) is 5.92 Å². The molecule has 0 amide bonds. The van der Waals surface area contributed by atoms with Gasteiger partial charge in [0.2, 0.25) is 0 Å². The minimum Gasteiger partial charge on any atom is -0.306 e. The first-order chi connectivity index (χ1) is 8.33.